The Labute approximate surface area is 132 Å². The summed E-state index contributed by atoms with van der Waals surface area (Å²) < 4.78 is 26.1. The molecule has 0 atom stereocenters. The highest BCUT2D eigenvalue weighted by molar-refractivity contribution is 7.89. The molecule has 0 aliphatic rings. The van der Waals surface area contributed by atoms with Gasteiger partial charge in [0.15, 0.2) is 0 Å². The number of aliphatic carboxylic acids is 1. The topological polar surface area (TPSA) is 112 Å². The molecule has 118 valence electrons. The lowest BCUT2D eigenvalue weighted by molar-refractivity contribution is -0.135. The molecule has 0 radical (unpaired) electrons. The largest absolute Gasteiger partial charge is 0.480 e. The molecular formula is C15H13N3O4S. The van der Waals surface area contributed by atoms with Gasteiger partial charge < -0.3 is 10.1 Å². The molecule has 0 fully saturated rings. The fourth-order valence-corrected chi connectivity index (χ4v) is 3.13. The third-order valence-electron chi connectivity index (χ3n) is 3.22. The lowest BCUT2D eigenvalue weighted by Crippen LogP contribution is -2.29. The first-order valence-electron chi connectivity index (χ1n) is 6.72. The minimum absolute atomic E-state index is 0.0190. The summed E-state index contributed by atoms with van der Waals surface area (Å²) in [6, 6.07) is 13.8. The van der Waals surface area contributed by atoms with Gasteiger partial charge in [-0.1, -0.05) is 30.3 Å². The monoisotopic (exact) mass is 331 g/mol. The maximum Gasteiger partial charge on any atom is 0.318 e. The Balaban J connectivity index is 1.98. The number of carboxylic acid groups (broad SMARTS) is 1. The first-order valence-corrected chi connectivity index (χ1v) is 8.21. The van der Waals surface area contributed by atoms with E-state index in [-0.39, 0.29) is 4.90 Å². The standard InChI is InChI=1S/C15H13N3O4S/c19-14(20)9-16-23(21,22)11-6-7-12-13(8-11)18-15(17-12)10-4-2-1-3-5-10/h1-8,16H,9H2,(H,17,18)(H,19,20). The van der Waals surface area contributed by atoms with Gasteiger partial charge in [-0.15, -0.1) is 0 Å². The zero-order valence-electron chi connectivity index (χ0n) is 11.9. The maximum absolute atomic E-state index is 12.0. The van der Waals surface area contributed by atoms with Crippen LogP contribution in [0, 0.1) is 0 Å². The van der Waals surface area contributed by atoms with Crippen molar-refractivity contribution >= 4 is 27.0 Å². The molecule has 0 saturated carbocycles. The van der Waals surface area contributed by atoms with Crippen LogP contribution < -0.4 is 4.72 Å². The van der Waals surface area contributed by atoms with Crippen LogP contribution in [0.3, 0.4) is 0 Å². The van der Waals surface area contributed by atoms with Crippen molar-refractivity contribution in [1.29, 1.82) is 0 Å². The predicted octanol–water partition coefficient (Wildman–Crippen LogP) is 1.59. The number of hydrogen-bond acceptors (Lipinski definition) is 4. The molecule has 3 rings (SSSR count). The Morgan fingerprint density at radius 3 is 2.61 bits per heavy atom. The number of hydrogen-bond donors (Lipinski definition) is 3. The summed E-state index contributed by atoms with van der Waals surface area (Å²) in [4.78, 5) is 18.0. The predicted molar refractivity (Wildman–Crippen MR) is 84.4 cm³/mol. The highest BCUT2D eigenvalue weighted by Gasteiger charge is 2.16. The van der Waals surface area contributed by atoms with Gasteiger partial charge in [-0.05, 0) is 18.2 Å². The number of nitrogens with zero attached hydrogens (tertiary/aromatic N) is 1. The molecule has 0 bridgehead atoms. The second-order valence-electron chi connectivity index (χ2n) is 4.85. The number of nitrogens with one attached hydrogen (secondary N) is 2. The highest BCUT2D eigenvalue weighted by Crippen LogP contribution is 2.22. The Morgan fingerprint density at radius 2 is 1.91 bits per heavy atom. The molecule has 0 amide bonds. The number of fused-ring (bicyclic) bond motifs is 1. The number of imidazole rings is 1. The summed E-state index contributed by atoms with van der Waals surface area (Å²) in [6.07, 6.45) is 0. The molecule has 0 aliphatic carbocycles. The molecule has 7 nitrogen and oxygen atoms in total. The van der Waals surface area contributed by atoms with Crippen molar-refractivity contribution in [2.24, 2.45) is 0 Å². The van der Waals surface area contributed by atoms with E-state index < -0.39 is 22.5 Å². The van der Waals surface area contributed by atoms with E-state index in [9.17, 15) is 13.2 Å². The molecule has 3 aromatic rings. The lowest BCUT2D eigenvalue weighted by Gasteiger charge is -2.04. The number of aromatic amines is 1. The fourth-order valence-electron chi connectivity index (χ4n) is 2.13. The van der Waals surface area contributed by atoms with E-state index in [4.69, 9.17) is 5.11 Å². The van der Waals surface area contributed by atoms with Gasteiger partial charge in [-0.2, -0.15) is 4.72 Å². The minimum Gasteiger partial charge on any atom is -0.480 e. The first kappa shape index (κ1) is 15.2. The van der Waals surface area contributed by atoms with Crippen LogP contribution in [-0.2, 0) is 14.8 Å². The van der Waals surface area contributed by atoms with Crippen molar-refractivity contribution < 1.29 is 18.3 Å². The Hall–Kier alpha value is -2.71. The fraction of sp³-hybridized carbons (Fsp3) is 0.0667. The van der Waals surface area contributed by atoms with Crippen LogP contribution in [0.15, 0.2) is 53.4 Å². The van der Waals surface area contributed by atoms with Gasteiger partial charge in [0.1, 0.15) is 12.4 Å². The Morgan fingerprint density at radius 1 is 1.17 bits per heavy atom. The summed E-state index contributed by atoms with van der Waals surface area (Å²) in [5, 5.41) is 8.58. The number of carbonyl (C=O) groups is 1. The van der Waals surface area contributed by atoms with E-state index in [1.54, 1.807) is 6.07 Å². The highest BCUT2D eigenvalue weighted by atomic mass is 32.2. The van der Waals surface area contributed by atoms with Crippen LogP contribution >= 0.6 is 0 Å². The maximum atomic E-state index is 12.0. The molecule has 2 aromatic carbocycles. The Kier molecular flexibility index (Phi) is 3.85. The van der Waals surface area contributed by atoms with Gasteiger partial charge in [-0.25, -0.2) is 13.4 Å². The van der Waals surface area contributed by atoms with E-state index in [1.165, 1.54) is 12.1 Å². The van der Waals surface area contributed by atoms with E-state index in [0.29, 0.717) is 16.9 Å². The van der Waals surface area contributed by atoms with E-state index >= 15 is 0 Å². The lowest BCUT2D eigenvalue weighted by atomic mass is 10.2. The van der Waals surface area contributed by atoms with Gasteiger partial charge in [0.05, 0.1) is 15.9 Å². The number of rotatable bonds is 5. The quantitative estimate of drug-likeness (QED) is 0.657. The molecule has 23 heavy (non-hydrogen) atoms. The molecule has 0 saturated heterocycles. The van der Waals surface area contributed by atoms with Gasteiger partial charge in [0.25, 0.3) is 0 Å². The SMILES string of the molecule is O=C(O)CNS(=O)(=O)c1ccc2nc(-c3ccccc3)[nH]c2c1. The molecule has 0 aliphatic heterocycles. The molecular weight excluding hydrogens is 318 g/mol. The third-order valence-corrected chi connectivity index (χ3v) is 4.62. The zero-order valence-corrected chi connectivity index (χ0v) is 12.7. The van der Waals surface area contributed by atoms with Crippen LogP contribution in [0.4, 0.5) is 0 Å². The van der Waals surface area contributed by atoms with E-state index in [2.05, 4.69) is 9.97 Å². The summed E-state index contributed by atoms with van der Waals surface area (Å²) in [5.41, 5.74) is 2.07. The number of carboxylic acids is 1. The van der Waals surface area contributed by atoms with Gasteiger partial charge >= 0.3 is 5.97 Å². The smallest absolute Gasteiger partial charge is 0.318 e. The average molecular weight is 331 g/mol. The van der Waals surface area contributed by atoms with Crippen LogP contribution in [-0.4, -0.2) is 36.0 Å². The van der Waals surface area contributed by atoms with E-state index in [0.717, 1.165) is 5.56 Å². The van der Waals surface area contributed by atoms with Crippen molar-refractivity contribution in [3.8, 4) is 11.4 Å². The van der Waals surface area contributed by atoms with Crippen molar-refractivity contribution in [2.75, 3.05) is 6.54 Å². The van der Waals surface area contributed by atoms with Crippen molar-refractivity contribution in [3.63, 3.8) is 0 Å². The number of H-pyrrole nitrogens is 1. The van der Waals surface area contributed by atoms with Crippen molar-refractivity contribution in [1.82, 2.24) is 14.7 Å². The number of benzene rings is 2. The van der Waals surface area contributed by atoms with Crippen LogP contribution in [0.25, 0.3) is 22.4 Å². The Bertz CT molecular complexity index is 965. The summed E-state index contributed by atoms with van der Waals surface area (Å²) in [6.45, 7) is -0.668. The molecule has 0 spiro atoms. The van der Waals surface area contributed by atoms with Crippen LogP contribution in [0.2, 0.25) is 0 Å². The summed E-state index contributed by atoms with van der Waals surface area (Å²) in [7, 11) is -3.88. The second-order valence-corrected chi connectivity index (χ2v) is 6.62. The van der Waals surface area contributed by atoms with Crippen LogP contribution in [0.5, 0.6) is 0 Å². The number of aromatic nitrogens is 2. The summed E-state index contributed by atoms with van der Waals surface area (Å²) in [5.74, 6) is -0.615. The molecule has 1 heterocycles. The summed E-state index contributed by atoms with van der Waals surface area (Å²) >= 11 is 0. The molecule has 8 heteroatoms. The first-order chi connectivity index (χ1) is 11.0. The van der Waals surface area contributed by atoms with Crippen molar-refractivity contribution in [2.45, 2.75) is 4.90 Å². The number of sulfonamides is 1. The third kappa shape index (κ3) is 3.22. The zero-order chi connectivity index (χ0) is 16.4. The second kappa shape index (κ2) is 5.82. The minimum atomic E-state index is -3.88. The van der Waals surface area contributed by atoms with E-state index in [1.807, 2.05) is 35.1 Å². The molecule has 3 N–H and O–H groups in total. The normalized spacial score (nSPS) is 11.7. The van der Waals surface area contributed by atoms with Gasteiger partial charge in [0, 0.05) is 5.56 Å². The average Bonchev–Trinajstić information content (AvgIpc) is 2.97. The van der Waals surface area contributed by atoms with Gasteiger partial charge in [-0.3, -0.25) is 4.79 Å². The molecule has 1 aromatic heterocycles. The van der Waals surface area contributed by atoms with Crippen LogP contribution in [0.1, 0.15) is 0 Å². The van der Waals surface area contributed by atoms with Gasteiger partial charge in [0.2, 0.25) is 10.0 Å². The molecule has 0 unspecified atom stereocenters. The van der Waals surface area contributed by atoms with Crippen molar-refractivity contribution in [3.05, 3.63) is 48.5 Å².